The molecule has 3 rings (SSSR count). The number of hydrogen-bond donors (Lipinski definition) is 1. The van der Waals surface area contributed by atoms with E-state index in [4.69, 9.17) is 4.74 Å². The zero-order valence-electron chi connectivity index (χ0n) is 14.0. The molecule has 1 fully saturated rings. The summed E-state index contributed by atoms with van der Waals surface area (Å²) >= 11 is 0. The van der Waals surface area contributed by atoms with E-state index in [0.29, 0.717) is 0 Å². The van der Waals surface area contributed by atoms with Gasteiger partial charge < -0.3 is 15.0 Å². The zero-order valence-corrected chi connectivity index (χ0v) is 14.0. The molecule has 4 nitrogen and oxygen atoms in total. The number of benzene rings is 1. The lowest BCUT2D eigenvalue weighted by Crippen LogP contribution is -2.44. The van der Waals surface area contributed by atoms with Crippen molar-refractivity contribution in [3.05, 3.63) is 42.0 Å². The summed E-state index contributed by atoms with van der Waals surface area (Å²) in [5, 5.41) is 3.41. The second kappa shape index (κ2) is 8.16. The zero-order chi connectivity index (χ0) is 15.9. The lowest BCUT2D eigenvalue weighted by Gasteiger charge is -2.29. The molecule has 2 aliphatic rings. The van der Waals surface area contributed by atoms with Crippen LogP contribution >= 0.6 is 0 Å². The molecule has 0 radical (unpaired) electrons. The Morgan fingerprint density at radius 2 is 2.13 bits per heavy atom. The van der Waals surface area contributed by atoms with Gasteiger partial charge in [0.15, 0.2) is 5.96 Å². The molecule has 0 amide bonds. The normalized spacial score (nSPS) is 18.7. The third-order valence-electron chi connectivity index (χ3n) is 4.45. The van der Waals surface area contributed by atoms with E-state index in [-0.39, 0.29) is 0 Å². The molecule has 0 bridgehead atoms. The van der Waals surface area contributed by atoms with Crippen molar-refractivity contribution < 1.29 is 4.74 Å². The van der Waals surface area contributed by atoms with Crippen molar-refractivity contribution in [2.24, 2.45) is 10.9 Å². The number of ether oxygens (including phenoxy) is 1. The lowest BCUT2D eigenvalue weighted by atomic mass is 10.00. The largest absolute Gasteiger partial charge is 0.379 e. The number of nitrogens with zero attached hydrogens (tertiary/aromatic N) is 2. The molecule has 0 atom stereocenters. The Morgan fingerprint density at radius 1 is 1.30 bits per heavy atom. The number of rotatable bonds is 6. The van der Waals surface area contributed by atoms with Crippen molar-refractivity contribution in [3.63, 3.8) is 0 Å². The summed E-state index contributed by atoms with van der Waals surface area (Å²) in [5.74, 6) is 1.81. The van der Waals surface area contributed by atoms with Crippen LogP contribution in [0.2, 0.25) is 0 Å². The minimum Gasteiger partial charge on any atom is -0.379 e. The molecule has 4 heteroatoms. The predicted molar refractivity (Wildman–Crippen MR) is 95.5 cm³/mol. The summed E-state index contributed by atoms with van der Waals surface area (Å²) < 4.78 is 5.67. The van der Waals surface area contributed by atoms with Gasteiger partial charge in [-0.3, -0.25) is 4.99 Å². The SMILES string of the molecule is CN=C(NCCOCC1CC1)N1CC=C(c2ccccc2)CC1. The molecule has 1 heterocycles. The van der Waals surface area contributed by atoms with E-state index >= 15 is 0 Å². The Hall–Kier alpha value is -1.81. The van der Waals surface area contributed by atoms with Crippen LogP contribution < -0.4 is 5.32 Å². The van der Waals surface area contributed by atoms with Gasteiger partial charge in [0.2, 0.25) is 0 Å². The number of aliphatic imine (C=N–C) groups is 1. The average molecular weight is 313 g/mol. The van der Waals surface area contributed by atoms with Gasteiger partial charge in [0, 0.05) is 33.3 Å². The maximum absolute atomic E-state index is 5.67. The quantitative estimate of drug-likeness (QED) is 0.498. The third kappa shape index (κ3) is 4.83. The highest BCUT2D eigenvalue weighted by Crippen LogP contribution is 2.28. The first-order chi connectivity index (χ1) is 11.4. The van der Waals surface area contributed by atoms with Crippen LogP contribution in [0.3, 0.4) is 0 Å². The topological polar surface area (TPSA) is 36.9 Å². The maximum Gasteiger partial charge on any atom is 0.194 e. The van der Waals surface area contributed by atoms with E-state index in [9.17, 15) is 0 Å². The Bertz CT molecular complexity index is 549. The lowest BCUT2D eigenvalue weighted by molar-refractivity contribution is 0.128. The summed E-state index contributed by atoms with van der Waals surface area (Å²) in [5.41, 5.74) is 2.77. The molecule has 0 saturated heterocycles. The number of nitrogens with one attached hydrogen (secondary N) is 1. The van der Waals surface area contributed by atoms with Crippen molar-refractivity contribution >= 4 is 11.5 Å². The van der Waals surface area contributed by atoms with E-state index in [1.54, 1.807) is 0 Å². The number of hydrogen-bond acceptors (Lipinski definition) is 2. The molecule has 1 aromatic rings. The van der Waals surface area contributed by atoms with Crippen LogP contribution in [0.1, 0.15) is 24.8 Å². The van der Waals surface area contributed by atoms with Crippen LogP contribution in [-0.2, 0) is 4.74 Å². The highest BCUT2D eigenvalue weighted by atomic mass is 16.5. The Morgan fingerprint density at radius 3 is 2.78 bits per heavy atom. The van der Waals surface area contributed by atoms with E-state index in [1.165, 1.54) is 24.0 Å². The monoisotopic (exact) mass is 313 g/mol. The first-order valence-electron chi connectivity index (χ1n) is 8.64. The first kappa shape index (κ1) is 16.1. The minimum absolute atomic E-state index is 0.758. The van der Waals surface area contributed by atoms with Gasteiger partial charge in [0.25, 0.3) is 0 Å². The minimum atomic E-state index is 0.758. The third-order valence-corrected chi connectivity index (χ3v) is 4.45. The van der Waals surface area contributed by atoms with Crippen molar-refractivity contribution in [2.75, 3.05) is 39.9 Å². The molecule has 1 N–H and O–H groups in total. The van der Waals surface area contributed by atoms with Crippen molar-refractivity contribution in [1.29, 1.82) is 0 Å². The Kier molecular flexibility index (Phi) is 5.70. The van der Waals surface area contributed by atoms with Gasteiger partial charge in [0.1, 0.15) is 0 Å². The molecule has 0 aromatic heterocycles. The van der Waals surface area contributed by atoms with Crippen LogP contribution in [-0.4, -0.2) is 50.8 Å². The summed E-state index contributed by atoms with van der Waals surface area (Å²) in [6.45, 7) is 4.42. The smallest absolute Gasteiger partial charge is 0.194 e. The summed E-state index contributed by atoms with van der Waals surface area (Å²) in [7, 11) is 1.85. The van der Waals surface area contributed by atoms with Crippen LogP contribution in [0.25, 0.3) is 5.57 Å². The van der Waals surface area contributed by atoms with Crippen LogP contribution in [0.15, 0.2) is 41.4 Å². The highest BCUT2D eigenvalue weighted by Gasteiger charge is 2.21. The molecule has 1 aliphatic carbocycles. The Labute approximate surface area is 139 Å². The van der Waals surface area contributed by atoms with Gasteiger partial charge in [-0.1, -0.05) is 36.4 Å². The Balaban J connectivity index is 1.44. The van der Waals surface area contributed by atoms with Gasteiger partial charge in [-0.2, -0.15) is 0 Å². The van der Waals surface area contributed by atoms with Gasteiger partial charge in [0.05, 0.1) is 6.61 Å². The fourth-order valence-electron chi connectivity index (χ4n) is 2.88. The van der Waals surface area contributed by atoms with Gasteiger partial charge >= 0.3 is 0 Å². The molecular weight excluding hydrogens is 286 g/mol. The summed E-state index contributed by atoms with van der Waals surface area (Å²) in [6, 6.07) is 10.6. The van der Waals surface area contributed by atoms with Crippen LogP contribution in [0, 0.1) is 5.92 Å². The van der Waals surface area contributed by atoms with E-state index in [2.05, 4.69) is 51.6 Å². The van der Waals surface area contributed by atoms with Gasteiger partial charge in [-0.05, 0) is 36.3 Å². The molecular formula is C19H27N3O. The van der Waals surface area contributed by atoms with E-state index in [0.717, 1.165) is 51.1 Å². The second-order valence-electron chi connectivity index (χ2n) is 6.28. The molecule has 1 aromatic carbocycles. The number of guanidine groups is 1. The molecule has 124 valence electrons. The predicted octanol–water partition coefficient (Wildman–Crippen LogP) is 2.78. The summed E-state index contributed by atoms with van der Waals surface area (Å²) in [6.07, 6.45) is 6.07. The second-order valence-corrected chi connectivity index (χ2v) is 6.28. The van der Waals surface area contributed by atoms with Crippen molar-refractivity contribution in [1.82, 2.24) is 10.2 Å². The van der Waals surface area contributed by atoms with Crippen LogP contribution in [0.5, 0.6) is 0 Å². The van der Waals surface area contributed by atoms with Crippen molar-refractivity contribution in [3.8, 4) is 0 Å². The van der Waals surface area contributed by atoms with Gasteiger partial charge in [-0.15, -0.1) is 0 Å². The fourth-order valence-corrected chi connectivity index (χ4v) is 2.88. The first-order valence-corrected chi connectivity index (χ1v) is 8.64. The molecule has 1 saturated carbocycles. The maximum atomic E-state index is 5.67. The molecule has 0 spiro atoms. The van der Waals surface area contributed by atoms with Crippen LogP contribution in [0.4, 0.5) is 0 Å². The standard InChI is InChI=1S/C19H27N3O/c1-20-19(21-11-14-23-15-16-7-8-16)22-12-9-18(10-13-22)17-5-3-2-4-6-17/h2-6,9,16H,7-8,10-15H2,1H3,(H,20,21). The van der Waals surface area contributed by atoms with E-state index in [1.807, 2.05) is 7.05 Å². The fraction of sp³-hybridized carbons (Fsp3) is 0.526. The van der Waals surface area contributed by atoms with E-state index < -0.39 is 0 Å². The summed E-state index contributed by atoms with van der Waals surface area (Å²) in [4.78, 5) is 6.70. The average Bonchev–Trinajstić information content (AvgIpc) is 3.43. The molecule has 23 heavy (non-hydrogen) atoms. The van der Waals surface area contributed by atoms with Crippen molar-refractivity contribution in [2.45, 2.75) is 19.3 Å². The highest BCUT2D eigenvalue weighted by molar-refractivity contribution is 5.81. The molecule has 1 aliphatic heterocycles. The molecule has 0 unspecified atom stereocenters. The van der Waals surface area contributed by atoms with Gasteiger partial charge in [-0.25, -0.2) is 0 Å².